The standard InChI is InChI=1S/C9H16N4O/c1-2-12-9(14)8-7-11-4-6-13(8)5-3-10/h8,11H,2,4-7H2,1H3,(H,12,14). The van der Waals surface area contributed by atoms with Gasteiger partial charge < -0.3 is 10.6 Å². The number of piperazine rings is 1. The van der Waals surface area contributed by atoms with Crippen LogP contribution in [-0.2, 0) is 4.79 Å². The summed E-state index contributed by atoms with van der Waals surface area (Å²) in [7, 11) is 0. The Balaban J connectivity index is 2.53. The topological polar surface area (TPSA) is 68.2 Å². The van der Waals surface area contributed by atoms with Crippen molar-refractivity contribution in [3.8, 4) is 6.07 Å². The molecule has 1 aliphatic heterocycles. The summed E-state index contributed by atoms with van der Waals surface area (Å²) in [6, 6.07) is 1.89. The number of nitriles is 1. The Labute approximate surface area is 84.1 Å². The molecule has 0 spiro atoms. The highest BCUT2D eigenvalue weighted by atomic mass is 16.2. The van der Waals surface area contributed by atoms with E-state index < -0.39 is 0 Å². The molecule has 2 N–H and O–H groups in total. The van der Waals surface area contributed by atoms with Crippen LogP contribution in [0.25, 0.3) is 0 Å². The van der Waals surface area contributed by atoms with E-state index in [1.807, 2.05) is 11.8 Å². The van der Waals surface area contributed by atoms with Crippen LogP contribution in [0.4, 0.5) is 0 Å². The summed E-state index contributed by atoms with van der Waals surface area (Å²) in [6.07, 6.45) is 0. The highest BCUT2D eigenvalue weighted by molar-refractivity contribution is 5.82. The number of nitrogens with zero attached hydrogens (tertiary/aromatic N) is 2. The Morgan fingerprint density at radius 1 is 1.79 bits per heavy atom. The zero-order valence-electron chi connectivity index (χ0n) is 8.42. The van der Waals surface area contributed by atoms with Crippen LogP contribution >= 0.6 is 0 Å². The van der Waals surface area contributed by atoms with Crippen molar-refractivity contribution in [1.82, 2.24) is 15.5 Å². The molecule has 78 valence electrons. The first-order valence-corrected chi connectivity index (χ1v) is 4.89. The molecule has 5 nitrogen and oxygen atoms in total. The van der Waals surface area contributed by atoms with Crippen molar-refractivity contribution < 1.29 is 4.79 Å². The van der Waals surface area contributed by atoms with Gasteiger partial charge in [0.15, 0.2) is 0 Å². The van der Waals surface area contributed by atoms with Crippen molar-refractivity contribution in [3.63, 3.8) is 0 Å². The average molecular weight is 196 g/mol. The third kappa shape index (κ3) is 2.69. The van der Waals surface area contributed by atoms with Crippen molar-refractivity contribution in [1.29, 1.82) is 5.26 Å². The fourth-order valence-corrected chi connectivity index (χ4v) is 1.58. The van der Waals surface area contributed by atoms with Crippen LogP contribution in [0.15, 0.2) is 0 Å². The summed E-state index contributed by atoms with van der Waals surface area (Å²) >= 11 is 0. The zero-order valence-corrected chi connectivity index (χ0v) is 8.42. The number of nitrogens with one attached hydrogen (secondary N) is 2. The third-order valence-electron chi connectivity index (χ3n) is 2.28. The quantitative estimate of drug-likeness (QED) is 0.563. The largest absolute Gasteiger partial charge is 0.355 e. The van der Waals surface area contributed by atoms with Gasteiger partial charge in [0.25, 0.3) is 0 Å². The molecule has 0 radical (unpaired) electrons. The van der Waals surface area contributed by atoms with Crippen molar-refractivity contribution in [3.05, 3.63) is 0 Å². The number of carbonyl (C=O) groups excluding carboxylic acids is 1. The van der Waals surface area contributed by atoms with E-state index in [-0.39, 0.29) is 11.9 Å². The van der Waals surface area contributed by atoms with E-state index in [2.05, 4.69) is 16.7 Å². The molecular weight excluding hydrogens is 180 g/mol. The number of hydrogen-bond donors (Lipinski definition) is 2. The minimum absolute atomic E-state index is 0.00921. The predicted molar refractivity (Wildman–Crippen MR) is 52.5 cm³/mol. The summed E-state index contributed by atoms with van der Waals surface area (Å²) in [6.45, 7) is 5.09. The maximum absolute atomic E-state index is 11.6. The second-order valence-corrected chi connectivity index (χ2v) is 3.24. The Kier molecular flexibility index (Phi) is 4.36. The van der Waals surface area contributed by atoms with E-state index in [0.29, 0.717) is 19.6 Å². The lowest BCUT2D eigenvalue weighted by molar-refractivity contribution is -0.126. The summed E-state index contributed by atoms with van der Waals surface area (Å²) in [4.78, 5) is 13.5. The molecule has 1 atom stereocenters. The van der Waals surface area contributed by atoms with Gasteiger partial charge >= 0.3 is 0 Å². The van der Waals surface area contributed by atoms with Crippen LogP contribution in [0, 0.1) is 11.3 Å². The zero-order chi connectivity index (χ0) is 10.4. The molecule has 1 unspecified atom stereocenters. The molecular formula is C9H16N4O. The SMILES string of the molecule is CCNC(=O)C1CNCCN1CC#N. The second-order valence-electron chi connectivity index (χ2n) is 3.24. The van der Waals surface area contributed by atoms with Crippen molar-refractivity contribution in [2.45, 2.75) is 13.0 Å². The predicted octanol–water partition coefficient (Wildman–Crippen LogP) is -1.08. The van der Waals surface area contributed by atoms with Gasteiger partial charge in [-0.25, -0.2) is 0 Å². The Morgan fingerprint density at radius 2 is 2.57 bits per heavy atom. The first-order valence-electron chi connectivity index (χ1n) is 4.89. The monoisotopic (exact) mass is 196 g/mol. The highest BCUT2D eigenvalue weighted by Gasteiger charge is 2.27. The van der Waals surface area contributed by atoms with Gasteiger partial charge in [0.1, 0.15) is 6.04 Å². The molecule has 0 bridgehead atoms. The molecule has 1 aliphatic rings. The number of likely N-dealkylation sites (N-methyl/N-ethyl adjacent to an activating group) is 1. The van der Waals surface area contributed by atoms with Crippen LogP contribution in [0.5, 0.6) is 0 Å². The van der Waals surface area contributed by atoms with E-state index in [1.165, 1.54) is 0 Å². The first-order chi connectivity index (χ1) is 6.79. The molecule has 1 amide bonds. The summed E-state index contributed by atoms with van der Waals surface area (Å²) in [5.41, 5.74) is 0. The van der Waals surface area contributed by atoms with Gasteiger partial charge in [0.2, 0.25) is 5.91 Å². The van der Waals surface area contributed by atoms with Gasteiger partial charge in [-0.3, -0.25) is 9.69 Å². The van der Waals surface area contributed by atoms with Gasteiger partial charge in [-0.1, -0.05) is 0 Å². The lowest BCUT2D eigenvalue weighted by Gasteiger charge is -2.33. The lowest BCUT2D eigenvalue weighted by Crippen LogP contribution is -2.57. The van der Waals surface area contributed by atoms with Crippen LogP contribution in [0.1, 0.15) is 6.92 Å². The molecule has 0 saturated carbocycles. The second kappa shape index (κ2) is 5.58. The summed E-state index contributed by atoms with van der Waals surface area (Å²) in [5.74, 6) is 0.00921. The molecule has 0 aromatic carbocycles. The van der Waals surface area contributed by atoms with E-state index >= 15 is 0 Å². The molecule has 0 aliphatic carbocycles. The van der Waals surface area contributed by atoms with Crippen molar-refractivity contribution in [2.24, 2.45) is 0 Å². The Bertz CT molecular complexity index is 235. The van der Waals surface area contributed by atoms with Gasteiger partial charge in [-0.15, -0.1) is 0 Å². The van der Waals surface area contributed by atoms with Crippen LogP contribution in [-0.4, -0.2) is 49.6 Å². The van der Waals surface area contributed by atoms with Crippen LogP contribution < -0.4 is 10.6 Å². The molecule has 1 rings (SSSR count). The van der Waals surface area contributed by atoms with Crippen molar-refractivity contribution in [2.75, 3.05) is 32.7 Å². The maximum Gasteiger partial charge on any atom is 0.238 e. The van der Waals surface area contributed by atoms with Gasteiger partial charge in [-0.2, -0.15) is 5.26 Å². The molecule has 0 aromatic rings. The minimum Gasteiger partial charge on any atom is -0.355 e. The lowest BCUT2D eigenvalue weighted by atomic mass is 10.2. The molecule has 1 fully saturated rings. The number of hydrogen-bond acceptors (Lipinski definition) is 4. The van der Waals surface area contributed by atoms with Gasteiger partial charge in [0.05, 0.1) is 12.6 Å². The fraction of sp³-hybridized carbons (Fsp3) is 0.778. The molecule has 14 heavy (non-hydrogen) atoms. The number of rotatable bonds is 3. The van der Waals surface area contributed by atoms with Crippen LogP contribution in [0.2, 0.25) is 0 Å². The third-order valence-corrected chi connectivity index (χ3v) is 2.28. The Morgan fingerprint density at radius 3 is 3.21 bits per heavy atom. The maximum atomic E-state index is 11.6. The van der Waals surface area contributed by atoms with E-state index in [1.54, 1.807) is 0 Å². The van der Waals surface area contributed by atoms with E-state index in [0.717, 1.165) is 13.1 Å². The number of carbonyl (C=O) groups is 1. The minimum atomic E-state index is -0.191. The molecule has 1 saturated heterocycles. The average Bonchev–Trinajstić information content (AvgIpc) is 2.19. The van der Waals surface area contributed by atoms with Crippen molar-refractivity contribution >= 4 is 5.91 Å². The molecule has 5 heteroatoms. The van der Waals surface area contributed by atoms with E-state index in [4.69, 9.17) is 5.26 Å². The molecule has 0 aromatic heterocycles. The summed E-state index contributed by atoms with van der Waals surface area (Å²) in [5, 5.41) is 14.5. The normalized spacial score (nSPS) is 22.7. The first kappa shape index (κ1) is 11.0. The fourth-order valence-electron chi connectivity index (χ4n) is 1.58. The smallest absolute Gasteiger partial charge is 0.238 e. The Hall–Kier alpha value is -1.12. The number of amides is 1. The van der Waals surface area contributed by atoms with Gasteiger partial charge in [0, 0.05) is 26.2 Å². The van der Waals surface area contributed by atoms with Gasteiger partial charge in [-0.05, 0) is 6.92 Å². The highest BCUT2D eigenvalue weighted by Crippen LogP contribution is 2.02. The summed E-state index contributed by atoms with van der Waals surface area (Å²) < 4.78 is 0. The van der Waals surface area contributed by atoms with Crippen LogP contribution in [0.3, 0.4) is 0 Å². The van der Waals surface area contributed by atoms with E-state index in [9.17, 15) is 4.79 Å². The molecule has 1 heterocycles.